The van der Waals surface area contributed by atoms with Crippen molar-refractivity contribution in [1.82, 2.24) is 9.47 Å². The van der Waals surface area contributed by atoms with Crippen molar-refractivity contribution in [3.05, 3.63) is 184 Å². The van der Waals surface area contributed by atoms with E-state index >= 15 is 8.78 Å². The van der Waals surface area contributed by atoms with Crippen LogP contribution in [0.4, 0.5) is 14.5 Å². The molecule has 0 unspecified atom stereocenters. The highest BCUT2D eigenvalue weighted by molar-refractivity contribution is 6.11. The summed E-state index contributed by atoms with van der Waals surface area (Å²) < 4.78 is 31.8. The van der Waals surface area contributed by atoms with E-state index in [1.807, 2.05) is 72.8 Å². The molecule has 6 aromatic rings. The smallest absolute Gasteiger partial charge is 0.335 e. The van der Waals surface area contributed by atoms with E-state index in [4.69, 9.17) is 4.98 Å². The number of carboxylic acids is 2. The molecule has 5 aromatic carbocycles. The van der Waals surface area contributed by atoms with Crippen molar-refractivity contribution in [3.8, 4) is 0 Å². The minimum absolute atomic E-state index is 0.0250. The Bertz CT molecular complexity index is 2400. The van der Waals surface area contributed by atoms with E-state index < -0.39 is 23.6 Å². The molecule has 1 aliphatic carbocycles. The van der Waals surface area contributed by atoms with Gasteiger partial charge in [0.25, 0.3) is 0 Å². The molecule has 0 saturated carbocycles. The Labute approximate surface area is 285 Å². The number of aromatic carboxylic acids is 2. The predicted molar refractivity (Wildman–Crippen MR) is 189 cm³/mol. The van der Waals surface area contributed by atoms with Gasteiger partial charge in [-0.25, -0.2) is 23.4 Å². The normalized spacial score (nSPS) is 14.7. The van der Waals surface area contributed by atoms with Gasteiger partial charge in [-0.3, -0.25) is 4.48 Å². The zero-order valence-electron chi connectivity index (χ0n) is 26.6. The molecule has 6 nitrogen and oxygen atoms in total. The van der Waals surface area contributed by atoms with Crippen LogP contribution in [0.3, 0.4) is 0 Å². The van der Waals surface area contributed by atoms with Gasteiger partial charge in [0.2, 0.25) is 0 Å². The summed E-state index contributed by atoms with van der Waals surface area (Å²) >= 11 is 0. The Morgan fingerprint density at radius 2 is 1.24 bits per heavy atom. The third-order valence-corrected chi connectivity index (χ3v) is 9.74. The lowest BCUT2D eigenvalue weighted by molar-refractivity contribution is 0.0685. The predicted octanol–water partition coefficient (Wildman–Crippen LogP) is 9.43. The average molecular weight is 664 g/mol. The summed E-state index contributed by atoms with van der Waals surface area (Å²) in [6.07, 6.45) is 6.56. The lowest BCUT2D eigenvalue weighted by Crippen LogP contribution is -2.50. The van der Waals surface area contributed by atoms with Crippen molar-refractivity contribution in [2.24, 2.45) is 0 Å². The Kier molecular flexibility index (Phi) is 7.46. The fourth-order valence-electron chi connectivity index (χ4n) is 7.52. The van der Waals surface area contributed by atoms with Crippen LogP contribution in [0.1, 0.15) is 49.4 Å². The summed E-state index contributed by atoms with van der Waals surface area (Å²) in [5.74, 6) is -3.85. The largest absolute Gasteiger partial charge is 0.478 e. The molecule has 0 bridgehead atoms. The number of quaternary nitrogens is 1. The molecule has 0 fully saturated rings. The van der Waals surface area contributed by atoms with Crippen LogP contribution in [-0.4, -0.2) is 27.1 Å². The van der Waals surface area contributed by atoms with Gasteiger partial charge in [-0.15, -0.1) is 0 Å². The van der Waals surface area contributed by atoms with Gasteiger partial charge in [0, 0.05) is 50.2 Å². The molecule has 244 valence electrons. The number of para-hydroxylation sites is 3. The molecule has 0 spiro atoms. The monoisotopic (exact) mass is 663 g/mol. The summed E-state index contributed by atoms with van der Waals surface area (Å²) in [5.41, 5.74) is 7.36. The number of aromatic nitrogens is 1. The first kappa shape index (κ1) is 31.0. The van der Waals surface area contributed by atoms with Crippen molar-refractivity contribution in [2.45, 2.75) is 19.5 Å². The molecule has 8 heteroatoms. The van der Waals surface area contributed by atoms with E-state index in [0.29, 0.717) is 6.42 Å². The van der Waals surface area contributed by atoms with Gasteiger partial charge in [-0.05, 0) is 67.1 Å². The molecular weight excluding hydrogens is 634 g/mol. The van der Waals surface area contributed by atoms with Crippen LogP contribution in [-0.2, 0) is 13.1 Å². The second-order valence-corrected chi connectivity index (χ2v) is 12.6. The van der Waals surface area contributed by atoms with Crippen LogP contribution >= 0.6 is 0 Å². The summed E-state index contributed by atoms with van der Waals surface area (Å²) in [4.78, 5) is 28.4. The average Bonchev–Trinajstić information content (AvgIpc) is 3.13. The van der Waals surface area contributed by atoms with Gasteiger partial charge in [-0.1, -0.05) is 60.7 Å². The number of halogens is 2. The van der Waals surface area contributed by atoms with Crippen LogP contribution in [0.15, 0.2) is 139 Å². The van der Waals surface area contributed by atoms with Gasteiger partial charge in [0.05, 0.1) is 22.2 Å². The van der Waals surface area contributed by atoms with Crippen molar-refractivity contribution >= 4 is 45.0 Å². The Balaban J connectivity index is 1.45. The molecule has 8 rings (SSSR count). The lowest BCUT2D eigenvalue weighted by atomic mass is 9.79. The number of pyridine rings is 1. The second kappa shape index (κ2) is 12.0. The highest BCUT2D eigenvalue weighted by Crippen LogP contribution is 2.53. The summed E-state index contributed by atoms with van der Waals surface area (Å²) in [5, 5.41) is 21.1. The number of fused-ring (bicyclic) bond motifs is 4. The van der Waals surface area contributed by atoms with Gasteiger partial charge < -0.3 is 10.2 Å². The van der Waals surface area contributed by atoms with Crippen LogP contribution < -0.4 is 4.48 Å². The molecule has 0 atom stereocenters. The summed E-state index contributed by atoms with van der Waals surface area (Å²) in [7, 11) is 0. The van der Waals surface area contributed by atoms with E-state index in [1.165, 1.54) is 24.3 Å². The molecule has 1 aliphatic heterocycles. The molecule has 2 heterocycles. The number of benzene rings is 5. The number of allylic oxidation sites excluding steroid dienone is 4. The quantitative estimate of drug-likeness (QED) is 0.131. The molecule has 0 amide bonds. The van der Waals surface area contributed by atoms with Crippen LogP contribution in [0.5, 0.6) is 0 Å². The fraction of sp³-hybridized carbons (Fsp3) is 0.0714. The van der Waals surface area contributed by atoms with Crippen LogP contribution in [0, 0.1) is 11.6 Å². The highest BCUT2D eigenvalue weighted by atomic mass is 19.1. The first-order valence-electron chi connectivity index (χ1n) is 16.1. The second-order valence-electron chi connectivity index (χ2n) is 12.6. The maximum atomic E-state index is 15.9. The van der Waals surface area contributed by atoms with Crippen LogP contribution in [0.25, 0.3) is 27.4 Å². The summed E-state index contributed by atoms with van der Waals surface area (Å²) in [6.45, 7) is 0.0499. The maximum absolute atomic E-state index is 15.9. The van der Waals surface area contributed by atoms with E-state index in [9.17, 15) is 19.8 Å². The zero-order chi connectivity index (χ0) is 34.6. The van der Waals surface area contributed by atoms with Gasteiger partial charge in [-0.2, -0.15) is 0 Å². The van der Waals surface area contributed by atoms with Crippen molar-refractivity contribution < 1.29 is 28.6 Å². The van der Waals surface area contributed by atoms with Crippen molar-refractivity contribution in [3.63, 3.8) is 0 Å². The Hall–Kier alpha value is -6.25. The minimum Gasteiger partial charge on any atom is -0.478 e. The molecule has 2 N–H and O–H groups in total. The van der Waals surface area contributed by atoms with Crippen molar-refractivity contribution in [2.75, 3.05) is 0 Å². The van der Waals surface area contributed by atoms with E-state index in [2.05, 4.69) is 18.2 Å². The van der Waals surface area contributed by atoms with Gasteiger partial charge in [0.1, 0.15) is 36.1 Å². The molecule has 2 aliphatic rings. The SMILES string of the molecule is O=C(O)c1ccc(C[N+]2(Cc3ccc(C(=O)O)cc3F)C3=CC=CCC3=C(c3c4ccccc4nc4ccccc34)c3ccccc32)c(F)c1. The molecule has 0 saturated heterocycles. The number of hydrogen-bond acceptors (Lipinski definition) is 3. The standard InChI is InChI=1S/C42H28F2N2O4/c43-33-21-25(41(47)48)17-19-27(33)23-46(24-28-20-18-26(42(49)50)22-34(28)44)37-15-7-3-11-31(37)40(32-12-4-8-16-38(32)46)39-29-9-1-5-13-35(29)45-36-14-6-2-10-30(36)39/h1-11,13-22H,12,23-24H2,(H-,47,48,49,50)/p+1. The first-order valence-corrected chi connectivity index (χ1v) is 16.1. The molecule has 50 heavy (non-hydrogen) atoms. The number of rotatable bonds is 7. The molecular formula is C42H29F2N2O4+. The molecule has 0 radical (unpaired) electrons. The van der Waals surface area contributed by atoms with Crippen molar-refractivity contribution in [1.29, 1.82) is 0 Å². The highest BCUT2D eigenvalue weighted by Gasteiger charge is 2.46. The summed E-state index contributed by atoms with van der Waals surface area (Å²) in [6, 6.07) is 31.7. The van der Waals surface area contributed by atoms with Gasteiger partial charge >= 0.3 is 11.9 Å². The first-order chi connectivity index (χ1) is 24.2. The number of carbonyl (C=O) groups is 2. The Morgan fingerprint density at radius 3 is 1.80 bits per heavy atom. The minimum atomic E-state index is -1.24. The van der Waals surface area contributed by atoms with E-state index in [1.54, 1.807) is 0 Å². The Morgan fingerprint density at radius 1 is 0.700 bits per heavy atom. The fourth-order valence-corrected chi connectivity index (χ4v) is 7.52. The zero-order valence-corrected chi connectivity index (χ0v) is 26.6. The third-order valence-electron chi connectivity index (χ3n) is 9.74. The lowest BCUT2D eigenvalue weighted by Gasteiger charge is -2.45. The maximum Gasteiger partial charge on any atom is 0.335 e. The van der Waals surface area contributed by atoms with E-state index in [-0.39, 0.29) is 39.8 Å². The molecule has 1 aromatic heterocycles. The number of nitrogens with zero attached hydrogens (tertiary/aromatic N) is 2. The van der Waals surface area contributed by atoms with E-state index in [0.717, 1.165) is 67.6 Å². The topological polar surface area (TPSA) is 87.5 Å². The third kappa shape index (κ3) is 5.00. The van der Waals surface area contributed by atoms with Gasteiger partial charge in [0.15, 0.2) is 0 Å². The van der Waals surface area contributed by atoms with Crippen LogP contribution in [0.2, 0.25) is 0 Å². The number of carboxylic acid groups (broad SMARTS) is 2. The number of hydrogen-bond donors (Lipinski definition) is 2.